The second-order valence-electron chi connectivity index (χ2n) is 11.4. The van der Waals surface area contributed by atoms with Crippen LogP contribution in [0.15, 0.2) is 0 Å². The maximum atomic E-state index is 6.18. The van der Waals surface area contributed by atoms with Crippen LogP contribution < -0.4 is 0 Å². The van der Waals surface area contributed by atoms with Crippen molar-refractivity contribution in [3.63, 3.8) is 0 Å². The first-order chi connectivity index (χ1) is 12.3. The Kier molecular flexibility index (Phi) is 5.32. The average Bonchev–Trinajstić information content (AvgIpc) is 2.98. The molecule has 1 nitrogen and oxygen atoms in total. The molecule has 0 amide bonds. The molecule has 0 aromatic rings. The molecule has 4 aliphatic rings. The Bertz CT molecular complexity index is 520. The first-order valence-electron chi connectivity index (χ1n) is 11.7. The van der Waals surface area contributed by atoms with E-state index in [1.807, 2.05) is 0 Å². The zero-order chi connectivity index (χ0) is 18.7. The molecule has 4 fully saturated rings. The summed E-state index contributed by atoms with van der Waals surface area (Å²) in [5.41, 5.74) is 1.16. The van der Waals surface area contributed by atoms with Gasteiger partial charge in [0.25, 0.3) is 0 Å². The molecule has 0 radical (unpaired) electrons. The zero-order valence-electron chi connectivity index (χ0n) is 18.0. The van der Waals surface area contributed by atoms with Crippen LogP contribution in [0.25, 0.3) is 0 Å². The minimum atomic E-state index is 0.494. The van der Waals surface area contributed by atoms with Crippen LogP contribution in [-0.2, 0) is 4.52 Å². The lowest BCUT2D eigenvalue weighted by Gasteiger charge is -2.63. The van der Waals surface area contributed by atoms with Crippen LogP contribution in [0.3, 0.4) is 0 Å². The summed E-state index contributed by atoms with van der Waals surface area (Å²) in [6.07, 6.45) is 13.4. The molecule has 4 unspecified atom stereocenters. The smallest absolute Gasteiger partial charge is 0.0647 e. The van der Waals surface area contributed by atoms with Crippen molar-refractivity contribution in [1.29, 1.82) is 0 Å². The van der Waals surface area contributed by atoms with Crippen molar-refractivity contribution in [1.82, 2.24) is 0 Å². The third-order valence-corrected chi connectivity index (χ3v) is 10.8. The fraction of sp³-hybridized carbons (Fsp3) is 1.00. The van der Waals surface area contributed by atoms with Gasteiger partial charge in [-0.2, -0.15) is 0 Å². The summed E-state index contributed by atoms with van der Waals surface area (Å²) in [6, 6.07) is 0. The fourth-order valence-corrected chi connectivity index (χ4v) is 9.11. The maximum Gasteiger partial charge on any atom is 0.0647 e. The second kappa shape index (κ2) is 7.02. The van der Waals surface area contributed by atoms with Crippen LogP contribution >= 0.6 is 9.47 Å². The summed E-state index contributed by atoms with van der Waals surface area (Å²) in [6.45, 7) is 12.8. The van der Waals surface area contributed by atoms with Gasteiger partial charge in [-0.15, -0.1) is 0 Å². The Labute approximate surface area is 165 Å². The van der Waals surface area contributed by atoms with E-state index >= 15 is 0 Å². The molecule has 0 aromatic carbocycles. The quantitative estimate of drug-likeness (QED) is 0.475. The van der Waals surface area contributed by atoms with E-state index in [4.69, 9.17) is 4.52 Å². The van der Waals surface area contributed by atoms with Crippen molar-refractivity contribution in [3.8, 4) is 0 Å². The largest absolute Gasteiger partial charge is 0.362 e. The van der Waals surface area contributed by atoms with Crippen molar-refractivity contribution >= 4 is 9.47 Å². The molecule has 2 heteroatoms. The number of rotatable bonds is 3. The van der Waals surface area contributed by atoms with E-state index in [0.29, 0.717) is 16.9 Å². The lowest BCUT2D eigenvalue weighted by molar-refractivity contribution is -0.159. The van der Waals surface area contributed by atoms with E-state index in [9.17, 15) is 0 Å². The highest BCUT2D eigenvalue weighted by Gasteiger charge is 2.62. The van der Waals surface area contributed by atoms with Gasteiger partial charge in [0.2, 0.25) is 0 Å². The molecule has 26 heavy (non-hydrogen) atoms. The summed E-state index contributed by atoms with van der Waals surface area (Å²) < 4.78 is 6.18. The number of hydrogen-bond donors (Lipinski definition) is 0. The van der Waals surface area contributed by atoms with Crippen LogP contribution in [0.1, 0.15) is 92.4 Å². The lowest BCUT2D eigenvalue weighted by atomic mass is 9.43. The highest BCUT2D eigenvalue weighted by atomic mass is 31.0. The topological polar surface area (TPSA) is 9.23 Å². The minimum Gasteiger partial charge on any atom is -0.362 e. The van der Waals surface area contributed by atoms with Gasteiger partial charge in [0, 0.05) is 9.47 Å². The molecule has 0 aliphatic heterocycles. The van der Waals surface area contributed by atoms with Crippen LogP contribution in [0.5, 0.6) is 0 Å². The van der Waals surface area contributed by atoms with E-state index in [0.717, 1.165) is 41.4 Å². The molecule has 0 bridgehead atoms. The Morgan fingerprint density at radius 1 is 1.00 bits per heavy atom. The fourth-order valence-electron chi connectivity index (χ4n) is 8.81. The van der Waals surface area contributed by atoms with Gasteiger partial charge in [0.1, 0.15) is 0 Å². The van der Waals surface area contributed by atoms with E-state index in [1.54, 1.807) is 0 Å². The molecule has 0 heterocycles. The van der Waals surface area contributed by atoms with Gasteiger partial charge in [0.15, 0.2) is 0 Å². The Morgan fingerprint density at radius 3 is 2.38 bits per heavy atom. The first-order valence-corrected chi connectivity index (χ1v) is 12.2. The Morgan fingerprint density at radius 2 is 1.69 bits per heavy atom. The van der Waals surface area contributed by atoms with Crippen LogP contribution in [-0.4, -0.2) is 6.10 Å². The van der Waals surface area contributed by atoms with E-state index in [2.05, 4.69) is 44.1 Å². The third-order valence-electron chi connectivity index (χ3n) is 10.5. The van der Waals surface area contributed by atoms with Gasteiger partial charge in [0.05, 0.1) is 6.10 Å². The van der Waals surface area contributed by atoms with Crippen molar-refractivity contribution in [2.24, 2.45) is 52.3 Å². The minimum absolute atomic E-state index is 0.494. The summed E-state index contributed by atoms with van der Waals surface area (Å²) in [4.78, 5) is 0. The van der Waals surface area contributed by atoms with Gasteiger partial charge in [-0.25, -0.2) is 0 Å². The van der Waals surface area contributed by atoms with Crippen LogP contribution in [0, 0.1) is 52.3 Å². The van der Waals surface area contributed by atoms with E-state index in [1.165, 1.54) is 57.8 Å². The molecule has 150 valence electrons. The van der Waals surface area contributed by atoms with Gasteiger partial charge in [-0.3, -0.25) is 0 Å². The third kappa shape index (κ3) is 2.77. The molecule has 4 saturated carbocycles. The predicted molar refractivity (Wildman–Crippen MR) is 114 cm³/mol. The molecule has 4 rings (SSSR count). The second-order valence-corrected chi connectivity index (χ2v) is 11.7. The van der Waals surface area contributed by atoms with Gasteiger partial charge in [-0.05, 0) is 97.2 Å². The van der Waals surface area contributed by atoms with Gasteiger partial charge < -0.3 is 4.52 Å². The average molecular weight is 379 g/mol. The highest BCUT2D eigenvalue weighted by molar-refractivity contribution is 7.09. The Hall–Kier alpha value is 0.390. The van der Waals surface area contributed by atoms with Gasteiger partial charge >= 0.3 is 0 Å². The molecule has 0 N–H and O–H groups in total. The molecular weight excluding hydrogens is 335 g/mol. The van der Waals surface area contributed by atoms with Crippen molar-refractivity contribution < 1.29 is 4.52 Å². The standard InChI is InChI=1S/C24H43OP/c1-6-16(3)18-7-8-19-22-20(10-12-24(18,19)5)23(4)11-9-15(2)13-17(23)14-21(22)25-26/h15-22H,6-14,26H2,1-5H3/t15-,16-,17+,18-,19?,20?,21?,22+,23+,24-/m1/s1. The predicted octanol–water partition coefficient (Wildman–Crippen LogP) is 7.11. The molecule has 0 aromatic heterocycles. The van der Waals surface area contributed by atoms with Crippen molar-refractivity contribution in [2.45, 2.75) is 98.5 Å². The van der Waals surface area contributed by atoms with Crippen LogP contribution in [0.4, 0.5) is 0 Å². The van der Waals surface area contributed by atoms with E-state index in [-0.39, 0.29) is 0 Å². The molecule has 11 atom stereocenters. The van der Waals surface area contributed by atoms with Crippen LogP contribution in [0.2, 0.25) is 0 Å². The maximum absolute atomic E-state index is 6.18. The van der Waals surface area contributed by atoms with E-state index < -0.39 is 0 Å². The normalized spacial score (nSPS) is 54.9. The van der Waals surface area contributed by atoms with Gasteiger partial charge in [-0.1, -0.05) is 47.5 Å². The van der Waals surface area contributed by atoms with Crippen molar-refractivity contribution in [3.05, 3.63) is 0 Å². The molecule has 0 spiro atoms. The summed E-state index contributed by atoms with van der Waals surface area (Å²) in [7, 11) is 2.67. The highest BCUT2D eigenvalue weighted by Crippen LogP contribution is 2.69. The Balaban J connectivity index is 1.66. The summed E-state index contributed by atoms with van der Waals surface area (Å²) in [5.74, 6) is 6.28. The molecule has 4 aliphatic carbocycles. The van der Waals surface area contributed by atoms with Crippen molar-refractivity contribution in [2.75, 3.05) is 0 Å². The zero-order valence-corrected chi connectivity index (χ0v) is 19.1. The number of fused-ring (bicyclic) bond motifs is 5. The monoisotopic (exact) mass is 378 g/mol. The first kappa shape index (κ1) is 19.7. The summed E-state index contributed by atoms with van der Waals surface area (Å²) >= 11 is 0. The number of hydrogen-bond acceptors (Lipinski definition) is 1. The lowest BCUT2D eigenvalue weighted by Crippen LogP contribution is -2.58. The molecular formula is C24H43OP. The molecule has 0 saturated heterocycles. The summed E-state index contributed by atoms with van der Waals surface area (Å²) in [5, 5.41) is 0. The SMILES string of the molecule is CC[C@@H](C)[C@H]1CCC2[C@@H]3C(OP)C[C@@H]4C[C@H](C)CC[C@]4(C)C3CC[C@@]21C.